The number of carbonyl (C=O) groups excluding carboxylic acids is 1. The van der Waals surface area contributed by atoms with E-state index in [1.165, 1.54) is 11.3 Å². The minimum absolute atomic E-state index is 0.00601. The van der Waals surface area contributed by atoms with Crippen LogP contribution in [0.25, 0.3) is 22.6 Å². The molecule has 0 saturated heterocycles. The van der Waals surface area contributed by atoms with E-state index in [1.54, 1.807) is 5.51 Å². The molecule has 2 aromatic heterocycles. The Balaban J connectivity index is 1.90. The van der Waals surface area contributed by atoms with Crippen LogP contribution in [0.5, 0.6) is 0 Å². The maximum absolute atomic E-state index is 12.4. The van der Waals surface area contributed by atoms with Crippen molar-refractivity contribution in [1.82, 2.24) is 19.9 Å². The number of hydrogen-bond acceptors (Lipinski definition) is 5. The van der Waals surface area contributed by atoms with Crippen LogP contribution in [0.3, 0.4) is 0 Å². The molecule has 1 amide bonds. The van der Waals surface area contributed by atoms with E-state index in [0.29, 0.717) is 5.82 Å². The summed E-state index contributed by atoms with van der Waals surface area (Å²) in [4.78, 5) is 21.4. The minimum Gasteiger partial charge on any atom is -0.396 e. The summed E-state index contributed by atoms with van der Waals surface area (Å²) in [5.74, 6) is 0.587. The van der Waals surface area contributed by atoms with Gasteiger partial charge in [-0.05, 0) is 25.0 Å². The molecular formula is C17H20N4O2S. The van der Waals surface area contributed by atoms with E-state index in [-0.39, 0.29) is 31.0 Å². The Kier molecular flexibility index (Phi) is 4.92. The number of aliphatic hydroxyl groups excluding tert-OH is 1. The van der Waals surface area contributed by atoms with E-state index in [1.807, 2.05) is 48.1 Å². The molecule has 2 unspecified atom stereocenters. The summed E-state index contributed by atoms with van der Waals surface area (Å²) in [7, 11) is 0. The van der Waals surface area contributed by atoms with Crippen LogP contribution in [0.15, 0.2) is 35.2 Å². The van der Waals surface area contributed by atoms with Gasteiger partial charge >= 0.3 is 0 Å². The van der Waals surface area contributed by atoms with Gasteiger partial charge in [-0.3, -0.25) is 4.79 Å². The fourth-order valence-electron chi connectivity index (χ4n) is 2.50. The SMILES string of the molecule is CC(CO)C(C)NC(=O)Cn1c(-c2cscn2)nc2ccccc21. The van der Waals surface area contributed by atoms with Crippen LogP contribution < -0.4 is 5.32 Å². The average molecular weight is 344 g/mol. The second-order valence-corrected chi connectivity index (χ2v) is 6.62. The molecule has 2 N–H and O–H groups in total. The third-order valence-electron chi connectivity index (χ3n) is 4.15. The second-order valence-electron chi connectivity index (χ2n) is 5.90. The summed E-state index contributed by atoms with van der Waals surface area (Å²) in [6.45, 7) is 4.00. The van der Waals surface area contributed by atoms with Crippen molar-refractivity contribution in [3.8, 4) is 11.5 Å². The molecule has 0 aliphatic heterocycles. The van der Waals surface area contributed by atoms with E-state index in [9.17, 15) is 9.90 Å². The number of thiazole rings is 1. The Bertz CT molecular complexity index is 828. The zero-order valence-electron chi connectivity index (χ0n) is 13.6. The molecule has 3 aromatic rings. The Morgan fingerprint density at radius 3 is 2.88 bits per heavy atom. The summed E-state index contributed by atoms with van der Waals surface area (Å²) in [5.41, 5.74) is 4.26. The number of benzene rings is 1. The third-order valence-corrected chi connectivity index (χ3v) is 4.73. The number of rotatable bonds is 6. The van der Waals surface area contributed by atoms with Crippen LogP contribution in [0.4, 0.5) is 0 Å². The zero-order chi connectivity index (χ0) is 17.1. The van der Waals surface area contributed by atoms with Crippen LogP contribution >= 0.6 is 11.3 Å². The number of amides is 1. The Hall–Kier alpha value is -2.25. The molecule has 0 aliphatic rings. The maximum atomic E-state index is 12.4. The molecule has 6 nitrogen and oxygen atoms in total. The normalized spacial score (nSPS) is 13.8. The highest BCUT2D eigenvalue weighted by atomic mass is 32.1. The standard InChI is InChI=1S/C17H20N4O2S/c1-11(8-22)12(2)19-16(23)7-21-15-6-4-3-5-13(15)20-17(21)14-9-24-10-18-14/h3-6,9-12,22H,7-8H2,1-2H3,(H,19,23). The predicted molar refractivity (Wildman–Crippen MR) is 94.7 cm³/mol. The zero-order valence-corrected chi connectivity index (χ0v) is 14.5. The van der Waals surface area contributed by atoms with Crippen molar-refractivity contribution >= 4 is 28.3 Å². The molecule has 0 spiro atoms. The number of imidazole rings is 1. The van der Waals surface area contributed by atoms with Crippen LogP contribution in [0.1, 0.15) is 13.8 Å². The summed E-state index contributed by atoms with van der Waals surface area (Å²) in [6, 6.07) is 7.64. The summed E-state index contributed by atoms with van der Waals surface area (Å²) in [6.07, 6.45) is 0. The summed E-state index contributed by atoms with van der Waals surface area (Å²) >= 11 is 1.50. The van der Waals surface area contributed by atoms with Crippen molar-refractivity contribution in [2.75, 3.05) is 6.61 Å². The van der Waals surface area contributed by atoms with Gasteiger partial charge in [0.1, 0.15) is 12.2 Å². The molecule has 0 aliphatic carbocycles. The number of aliphatic hydroxyl groups is 1. The molecule has 3 rings (SSSR count). The van der Waals surface area contributed by atoms with Crippen molar-refractivity contribution in [2.24, 2.45) is 5.92 Å². The van der Waals surface area contributed by atoms with Crippen molar-refractivity contribution in [3.05, 3.63) is 35.2 Å². The molecule has 24 heavy (non-hydrogen) atoms. The van der Waals surface area contributed by atoms with Crippen LogP contribution in [-0.4, -0.2) is 38.2 Å². The first-order valence-corrected chi connectivity index (χ1v) is 8.78. The van der Waals surface area contributed by atoms with Gasteiger partial charge in [0.05, 0.1) is 16.5 Å². The van der Waals surface area contributed by atoms with Gasteiger partial charge in [0.25, 0.3) is 0 Å². The van der Waals surface area contributed by atoms with Crippen molar-refractivity contribution in [3.63, 3.8) is 0 Å². The minimum atomic E-state index is -0.109. The first kappa shape index (κ1) is 16.6. The van der Waals surface area contributed by atoms with E-state index in [0.717, 1.165) is 16.7 Å². The van der Waals surface area contributed by atoms with Crippen LogP contribution in [0.2, 0.25) is 0 Å². The van der Waals surface area contributed by atoms with Gasteiger partial charge in [-0.15, -0.1) is 11.3 Å². The molecular weight excluding hydrogens is 324 g/mol. The topological polar surface area (TPSA) is 80.0 Å². The number of fused-ring (bicyclic) bond motifs is 1. The fraction of sp³-hybridized carbons (Fsp3) is 0.353. The predicted octanol–water partition coefficient (Wildman–Crippen LogP) is 2.29. The second kappa shape index (κ2) is 7.11. The highest BCUT2D eigenvalue weighted by Gasteiger charge is 2.18. The molecule has 0 saturated carbocycles. The van der Waals surface area contributed by atoms with Gasteiger partial charge in [-0.2, -0.15) is 0 Å². The van der Waals surface area contributed by atoms with Gasteiger partial charge in [-0.1, -0.05) is 19.1 Å². The molecule has 2 atom stereocenters. The van der Waals surface area contributed by atoms with Crippen LogP contribution in [0, 0.1) is 5.92 Å². The quantitative estimate of drug-likeness (QED) is 0.719. The average Bonchev–Trinajstić information content (AvgIpc) is 3.22. The van der Waals surface area contributed by atoms with Crippen molar-refractivity contribution < 1.29 is 9.90 Å². The number of nitrogens with one attached hydrogen (secondary N) is 1. The Morgan fingerprint density at radius 1 is 1.38 bits per heavy atom. The lowest BCUT2D eigenvalue weighted by Crippen LogP contribution is -2.40. The van der Waals surface area contributed by atoms with E-state index in [4.69, 9.17) is 0 Å². The first-order valence-electron chi connectivity index (χ1n) is 7.84. The molecule has 126 valence electrons. The molecule has 1 aromatic carbocycles. The Labute approximate surface area is 144 Å². The van der Waals surface area contributed by atoms with E-state index in [2.05, 4.69) is 15.3 Å². The summed E-state index contributed by atoms with van der Waals surface area (Å²) in [5, 5.41) is 14.1. The number of hydrogen-bond donors (Lipinski definition) is 2. The molecule has 0 radical (unpaired) electrons. The first-order chi connectivity index (χ1) is 11.6. The van der Waals surface area contributed by atoms with Gasteiger partial charge in [0.2, 0.25) is 5.91 Å². The fourth-order valence-corrected chi connectivity index (χ4v) is 3.03. The van der Waals surface area contributed by atoms with Gasteiger partial charge in [0.15, 0.2) is 5.82 Å². The van der Waals surface area contributed by atoms with Crippen molar-refractivity contribution in [1.29, 1.82) is 0 Å². The highest BCUT2D eigenvalue weighted by Crippen LogP contribution is 2.24. The van der Waals surface area contributed by atoms with Crippen molar-refractivity contribution in [2.45, 2.75) is 26.4 Å². The smallest absolute Gasteiger partial charge is 0.240 e. The highest BCUT2D eigenvalue weighted by molar-refractivity contribution is 7.07. The van der Waals surface area contributed by atoms with E-state index >= 15 is 0 Å². The van der Waals surface area contributed by atoms with E-state index < -0.39 is 0 Å². The maximum Gasteiger partial charge on any atom is 0.240 e. The van der Waals surface area contributed by atoms with Gasteiger partial charge in [0, 0.05) is 18.0 Å². The lowest BCUT2D eigenvalue weighted by Gasteiger charge is -2.19. The van der Waals surface area contributed by atoms with Gasteiger partial charge < -0.3 is 15.0 Å². The molecule has 0 bridgehead atoms. The number of carbonyl (C=O) groups is 1. The van der Waals surface area contributed by atoms with Crippen LogP contribution in [-0.2, 0) is 11.3 Å². The lowest BCUT2D eigenvalue weighted by atomic mass is 10.1. The Morgan fingerprint density at radius 2 is 2.17 bits per heavy atom. The molecule has 0 fully saturated rings. The number of aromatic nitrogens is 3. The molecule has 2 heterocycles. The number of nitrogens with zero attached hydrogens (tertiary/aromatic N) is 3. The largest absolute Gasteiger partial charge is 0.396 e. The lowest BCUT2D eigenvalue weighted by molar-refractivity contribution is -0.122. The monoisotopic (exact) mass is 344 g/mol. The molecule has 7 heteroatoms. The third kappa shape index (κ3) is 3.32. The number of para-hydroxylation sites is 2. The summed E-state index contributed by atoms with van der Waals surface area (Å²) < 4.78 is 1.88. The van der Waals surface area contributed by atoms with Gasteiger partial charge in [-0.25, -0.2) is 9.97 Å².